The Labute approximate surface area is 98.1 Å². The molecule has 0 radical (unpaired) electrons. The zero-order chi connectivity index (χ0) is 11.3. The molecule has 0 aromatic heterocycles. The van der Waals surface area contributed by atoms with Crippen LogP contribution in [0.3, 0.4) is 0 Å². The van der Waals surface area contributed by atoms with Gasteiger partial charge < -0.3 is 4.74 Å². The van der Waals surface area contributed by atoms with E-state index < -0.39 is 0 Å². The Kier molecular flexibility index (Phi) is 4.56. The van der Waals surface area contributed by atoms with Crippen molar-refractivity contribution in [2.24, 2.45) is 0 Å². The van der Waals surface area contributed by atoms with Crippen LogP contribution in [0.25, 0.3) is 11.1 Å². The zero-order valence-electron chi connectivity index (χ0n) is 8.63. The summed E-state index contributed by atoms with van der Waals surface area (Å²) in [7, 11) is 0. The van der Waals surface area contributed by atoms with Crippen LogP contribution < -0.4 is 0 Å². The van der Waals surface area contributed by atoms with E-state index in [1.54, 1.807) is 6.92 Å². The highest BCUT2D eigenvalue weighted by atomic mass is 79.9. The molecule has 2 aliphatic carbocycles. The summed E-state index contributed by atoms with van der Waals surface area (Å²) < 4.78 is 4.63. The molecule has 3 heteroatoms. The van der Waals surface area contributed by atoms with E-state index >= 15 is 0 Å². The van der Waals surface area contributed by atoms with E-state index in [-0.39, 0.29) is 5.97 Å². The highest BCUT2D eigenvalue weighted by Crippen LogP contribution is 2.32. The smallest absolute Gasteiger partial charge is 0.334 e. The molecule has 2 rings (SSSR count). The molecule has 0 N–H and O–H groups in total. The van der Waals surface area contributed by atoms with Gasteiger partial charge in [0.25, 0.3) is 0 Å². The molecule has 0 aliphatic heterocycles. The Bertz CT molecular complexity index is 354. The van der Waals surface area contributed by atoms with Gasteiger partial charge in [-0.1, -0.05) is 40.7 Å². The van der Waals surface area contributed by atoms with Gasteiger partial charge in [0.15, 0.2) is 0 Å². The molecule has 0 aromatic rings. The molecular formula is C12H13BrO2. The molecule has 0 aromatic carbocycles. The summed E-state index contributed by atoms with van der Waals surface area (Å²) in [5, 5.41) is 0.478. The molecular weight excluding hydrogens is 256 g/mol. The second kappa shape index (κ2) is 5.71. The Morgan fingerprint density at radius 3 is 2.33 bits per heavy atom. The Morgan fingerprint density at radius 2 is 2.07 bits per heavy atom. The molecule has 0 atom stereocenters. The third kappa shape index (κ3) is 3.88. The van der Waals surface area contributed by atoms with Crippen LogP contribution in [0.1, 0.15) is 6.92 Å². The molecule has 15 heavy (non-hydrogen) atoms. The first kappa shape index (κ1) is 12.0. The lowest BCUT2D eigenvalue weighted by atomic mass is 10.4. The van der Waals surface area contributed by atoms with Crippen LogP contribution in [0.15, 0.2) is 36.4 Å². The summed E-state index contributed by atoms with van der Waals surface area (Å²) in [4.78, 5) is 10.6. The minimum Gasteiger partial charge on any atom is -0.463 e. The van der Waals surface area contributed by atoms with Gasteiger partial charge in [-0.25, -0.2) is 4.79 Å². The SMILES string of the molecule is C=C(CBr)C(=O)OCC.c1cc2cc-2c1. The van der Waals surface area contributed by atoms with E-state index in [0.717, 1.165) is 0 Å². The lowest BCUT2D eigenvalue weighted by Gasteiger charge is -1.99. The number of carbonyl (C=O) groups is 1. The van der Waals surface area contributed by atoms with Crippen LogP contribution in [-0.2, 0) is 9.53 Å². The number of hydrogen-bond donors (Lipinski definition) is 0. The van der Waals surface area contributed by atoms with Crippen molar-refractivity contribution in [3.8, 4) is 11.1 Å². The second-order valence-electron chi connectivity index (χ2n) is 3.04. The van der Waals surface area contributed by atoms with Crippen molar-refractivity contribution in [2.45, 2.75) is 6.92 Å². The molecule has 0 unspecified atom stereocenters. The fourth-order valence-corrected chi connectivity index (χ4v) is 1.19. The monoisotopic (exact) mass is 268 g/mol. The summed E-state index contributed by atoms with van der Waals surface area (Å²) in [5.41, 5.74) is 3.31. The quantitative estimate of drug-likeness (QED) is 0.486. The zero-order valence-corrected chi connectivity index (χ0v) is 10.2. The van der Waals surface area contributed by atoms with Crippen LogP contribution in [0.2, 0.25) is 0 Å². The van der Waals surface area contributed by atoms with E-state index in [4.69, 9.17) is 0 Å². The van der Waals surface area contributed by atoms with E-state index in [9.17, 15) is 4.79 Å². The van der Waals surface area contributed by atoms with E-state index in [2.05, 4.69) is 51.5 Å². The Hall–Kier alpha value is -1.09. The number of carbonyl (C=O) groups excluding carboxylic acids is 1. The molecule has 0 fully saturated rings. The minimum absolute atomic E-state index is 0.325. The fraction of sp³-hybridized carbons (Fsp3) is 0.250. The average Bonchev–Trinajstić information content (AvgIpc) is 2.86. The van der Waals surface area contributed by atoms with E-state index in [0.29, 0.717) is 17.5 Å². The van der Waals surface area contributed by atoms with Gasteiger partial charge in [0.2, 0.25) is 0 Å². The van der Waals surface area contributed by atoms with Crippen molar-refractivity contribution < 1.29 is 9.53 Å². The first-order valence-corrected chi connectivity index (χ1v) is 5.82. The Morgan fingerprint density at radius 1 is 1.47 bits per heavy atom. The highest BCUT2D eigenvalue weighted by Gasteiger charge is 2.07. The Balaban J connectivity index is 0.000000158. The molecule has 2 nitrogen and oxygen atoms in total. The number of alkyl halides is 1. The first-order chi connectivity index (χ1) is 7.19. The maximum Gasteiger partial charge on any atom is 0.334 e. The van der Waals surface area contributed by atoms with Crippen LogP contribution in [-0.4, -0.2) is 17.9 Å². The number of esters is 1. The topological polar surface area (TPSA) is 26.3 Å². The predicted molar refractivity (Wildman–Crippen MR) is 65.0 cm³/mol. The lowest BCUT2D eigenvalue weighted by Crippen LogP contribution is -2.06. The van der Waals surface area contributed by atoms with Crippen molar-refractivity contribution in [2.75, 3.05) is 11.9 Å². The largest absolute Gasteiger partial charge is 0.463 e. The summed E-state index contributed by atoms with van der Waals surface area (Å²) >= 11 is 3.08. The van der Waals surface area contributed by atoms with Gasteiger partial charge in [-0.05, 0) is 24.1 Å². The van der Waals surface area contributed by atoms with Crippen LogP contribution in [0, 0.1) is 0 Å². The highest BCUT2D eigenvalue weighted by molar-refractivity contribution is 9.09. The van der Waals surface area contributed by atoms with Crippen LogP contribution >= 0.6 is 15.9 Å². The lowest BCUT2D eigenvalue weighted by molar-refractivity contribution is -0.138. The standard InChI is InChI=1S/C6H9BrO2.C6H4/c1-3-9-6(8)5(2)4-7;1-2-5-4-6(5)3-1/h2-4H2,1H3;1-4H. The number of benzene rings is 1. The number of ether oxygens (including phenoxy) is 1. The summed E-state index contributed by atoms with van der Waals surface area (Å²) in [6, 6.07) is 8.48. The second-order valence-corrected chi connectivity index (χ2v) is 3.60. The van der Waals surface area contributed by atoms with Gasteiger partial charge in [0.05, 0.1) is 6.61 Å². The predicted octanol–water partition coefficient (Wildman–Crippen LogP) is 3.17. The minimum atomic E-state index is -0.325. The third-order valence-corrected chi connectivity index (χ3v) is 2.51. The van der Waals surface area contributed by atoms with Crippen molar-refractivity contribution >= 4 is 21.9 Å². The van der Waals surface area contributed by atoms with Crippen molar-refractivity contribution in [3.63, 3.8) is 0 Å². The van der Waals surface area contributed by atoms with Crippen molar-refractivity contribution in [1.82, 2.24) is 0 Å². The average molecular weight is 269 g/mol. The van der Waals surface area contributed by atoms with Gasteiger partial charge in [-0.2, -0.15) is 0 Å². The number of rotatable bonds is 3. The maximum absolute atomic E-state index is 10.6. The van der Waals surface area contributed by atoms with Crippen LogP contribution in [0.4, 0.5) is 0 Å². The number of hydrogen-bond acceptors (Lipinski definition) is 2. The maximum atomic E-state index is 10.6. The van der Waals surface area contributed by atoms with Crippen molar-refractivity contribution in [1.29, 1.82) is 0 Å². The molecule has 2 aliphatic rings. The molecule has 0 saturated carbocycles. The van der Waals surface area contributed by atoms with Gasteiger partial charge in [-0.15, -0.1) is 0 Å². The normalized spacial score (nSPS) is 9.73. The van der Waals surface area contributed by atoms with Crippen molar-refractivity contribution in [3.05, 3.63) is 36.4 Å². The molecule has 0 bridgehead atoms. The molecule has 0 spiro atoms. The summed E-state index contributed by atoms with van der Waals surface area (Å²) in [6.07, 6.45) is 0. The molecule has 0 heterocycles. The van der Waals surface area contributed by atoms with E-state index in [1.807, 2.05) is 0 Å². The first-order valence-electron chi connectivity index (χ1n) is 4.70. The summed E-state index contributed by atoms with van der Waals surface area (Å²) in [6.45, 7) is 5.64. The number of fused-ring (bicyclic) bond motifs is 1. The fourth-order valence-electron chi connectivity index (χ4n) is 0.963. The summed E-state index contributed by atoms with van der Waals surface area (Å²) in [5.74, 6) is -0.325. The van der Waals surface area contributed by atoms with Gasteiger partial charge in [-0.3, -0.25) is 0 Å². The molecule has 80 valence electrons. The van der Waals surface area contributed by atoms with E-state index in [1.165, 1.54) is 11.1 Å². The van der Waals surface area contributed by atoms with Crippen LogP contribution in [0.5, 0.6) is 0 Å². The molecule has 0 saturated heterocycles. The van der Waals surface area contributed by atoms with Gasteiger partial charge >= 0.3 is 5.97 Å². The van der Waals surface area contributed by atoms with Gasteiger partial charge in [0, 0.05) is 10.9 Å². The number of halogens is 1. The molecule has 0 amide bonds. The third-order valence-electron chi connectivity index (χ3n) is 1.84. The van der Waals surface area contributed by atoms with Gasteiger partial charge in [0.1, 0.15) is 0 Å².